The van der Waals surface area contributed by atoms with Gasteiger partial charge in [0.15, 0.2) is 6.10 Å². The molecule has 0 saturated carbocycles. The van der Waals surface area contributed by atoms with Gasteiger partial charge in [-0.05, 0) is 43.3 Å². The van der Waals surface area contributed by atoms with Crippen LogP contribution in [-0.2, 0) is 14.8 Å². The Morgan fingerprint density at radius 3 is 2.23 bits per heavy atom. The van der Waals surface area contributed by atoms with E-state index in [0.717, 1.165) is 0 Å². The number of rotatable bonds is 5. The summed E-state index contributed by atoms with van der Waals surface area (Å²) >= 11 is 0. The van der Waals surface area contributed by atoms with Crippen molar-refractivity contribution in [2.24, 2.45) is 5.14 Å². The van der Waals surface area contributed by atoms with Gasteiger partial charge in [0.25, 0.3) is 5.91 Å². The number of carbonyl (C=O) groups excluding carboxylic acids is 1. The average molecular weight is 320 g/mol. The molecule has 22 heavy (non-hydrogen) atoms. The number of anilines is 1. The molecule has 1 amide bonds. The van der Waals surface area contributed by atoms with Gasteiger partial charge >= 0.3 is 0 Å². The van der Waals surface area contributed by atoms with E-state index < -0.39 is 16.1 Å². The fourth-order valence-corrected chi connectivity index (χ4v) is 2.24. The largest absolute Gasteiger partial charge is 0.481 e. The van der Waals surface area contributed by atoms with Crippen LogP contribution >= 0.6 is 0 Å². The lowest BCUT2D eigenvalue weighted by Crippen LogP contribution is -2.30. The molecule has 116 valence electrons. The van der Waals surface area contributed by atoms with Crippen molar-refractivity contribution in [1.29, 1.82) is 0 Å². The van der Waals surface area contributed by atoms with Crippen molar-refractivity contribution in [3.63, 3.8) is 0 Å². The number of primary sulfonamides is 1. The van der Waals surface area contributed by atoms with Crippen LogP contribution in [0.25, 0.3) is 0 Å². The van der Waals surface area contributed by atoms with Crippen molar-refractivity contribution >= 4 is 21.6 Å². The van der Waals surface area contributed by atoms with Crippen LogP contribution in [0.2, 0.25) is 0 Å². The standard InChI is InChI=1S/C15H16N2O4S/c1-11(21-13-5-3-2-4-6-13)15(18)17-12-7-9-14(10-8-12)22(16,19)20/h2-11H,1H3,(H,17,18)(H2,16,19,20)/t11-/m1/s1. The maximum atomic E-state index is 12.0. The molecular weight excluding hydrogens is 304 g/mol. The molecule has 0 aliphatic carbocycles. The Balaban J connectivity index is 1.99. The molecule has 1 atom stereocenters. The van der Waals surface area contributed by atoms with Crippen molar-refractivity contribution in [1.82, 2.24) is 0 Å². The van der Waals surface area contributed by atoms with E-state index in [1.165, 1.54) is 24.3 Å². The second-order valence-electron chi connectivity index (χ2n) is 4.63. The molecule has 0 saturated heterocycles. The number of sulfonamides is 1. The quantitative estimate of drug-likeness (QED) is 0.876. The van der Waals surface area contributed by atoms with E-state index in [0.29, 0.717) is 11.4 Å². The normalized spacial score (nSPS) is 12.5. The lowest BCUT2D eigenvalue weighted by atomic mass is 10.3. The van der Waals surface area contributed by atoms with Crippen molar-refractivity contribution in [2.45, 2.75) is 17.9 Å². The highest BCUT2D eigenvalue weighted by Gasteiger charge is 2.15. The first kappa shape index (κ1) is 16.0. The summed E-state index contributed by atoms with van der Waals surface area (Å²) in [5.74, 6) is 0.252. The molecule has 0 heterocycles. The first-order valence-electron chi connectivity index (χ1n) is 6.52. The van der Waals surface area contributed by atoms with Gasteiger partial charge in [-0.2, -0.15) is 0 Å². The molecule has 0 aliphatic heterocycles. The summed E-state index contributed by atoms with van der Waals surface area (Å²) in [5.41, 5.74) is 0.459. The van der Waals surface area contributed by atoms with Crippen LogP contribution in [0, 0.1) is 0 Å². The molecule has 0 fully saturated rings. The second kappa shape index (κ2) is 6.59. The number of nitrogens with two attached hydrogens (primary N) is 1. The highest BCUT2D eigenvalue weighted by atomic mass is 32.2. The van der Waals surface area contributed by atoms with Crippen molar-refractivity contribution < 1.29 is 17.9 Å². The Hall–Kier alpha value is -2.38. The molecule has 0 radical (unpaired) electrons. The Morgan fingerprint density at radius 2 is 1.68 bits per heavy atom. The van der Waals surface area contributed by atoms with Crippen molar-refractivity contribution in [3.05, 3.63) is 54.6 Å². The molecule has 0 bridgehead atoms. The molecule has 2 aromatic carbocycles. The third-order valence-electron chi connectivity index (χ3n) is 2.88. The first-order chi connectivity index (χ1) is 10.4. The number of hydrogen-bond acceptors (Lipinski definition) is 4. The fourth-order valence-electron chi connectivity index (χ4n) is 1.73. The summed E-state index contributed by atoms with van der Waals surface area (Å²) < 4.78 is 27.8. The van der Waals surface area contributed by atoms with E-state index in [9.17, 15) is 13.2 Å². The van der Waals surface area contributed by atoms with Gasteiger partial charge in [0, 0.05) is 5.69 Å². The van der Waals surface area contributed by atoms with Gasteiger partial charge in [-0.25, -0.2) is 13.6 Å². The first-order valence-corrected chi connectivity index (χ1v) is 8.06. The van der Waals surface area contributed by atoms with E-state index in [1.54, 1.807) is 19.1 Å². The van der Waals surface area contributed by atoms with Crippen LogP contribution in [-0.4, -0.2) is 20.4 Å². The molecule has 0 aromatic heterocycles. The van der Waals surface area contributed by atoms with Crippen LogP contribution in [0.3, 0.4) is 0 Å². The summed E-state index contributed by atoms with van der Waals surface area (Å²) in [7, 11) is -3.74. The van der Waals surface area contributed by atoms with Gasteiger partial charge in [-0.15, -0.1) is 0 Å². The molecule has 7 heteroatoms. The SMILES string of the molecule is C[C@@H](Oc1ccccc1)C(=O)Nc1ccc(S(N)(=O)=O)cc1. The van der Waals surface area contributed by atoms with Crippen molar-refractivity contribution in [3.8, 4) is 5.75 Å². The monoisotopic (exact) mass is 320 g/mol. The molecule has 2 rings (SSSR count). The minimum atomic E-state index is -3.74. The smallest absolute Gasteiger partial charge is 0.265 e. The maximum absolute atomic E-state index is 12.0. The van der Waals surface area contributed by atoms with Gasteiger partial charge in [-0.1, -0.05) is 18.2 Å². The average Bonchev–Trinajstić information content (AvgIpc) is 2.48. The molecule has 0 spiro atoms. The van der Waals surface area contributed by atoms with E-state index in [4.69, 9.17) is 9.88 Å². The minimum absolute atomic E-state index is 0.0147. The summed E-state index contributed by atoms with van der Waals surface area (Å²) in [6, 6.07) is 14.6. The minimum Gasteiger partial charge on any atom is -0.481 e. The zero-order valence-corrected chi connectivity index (χ0v) is 12.7. The molecule has 6 nitrogen and oxygen atoms in total. The van der Waals surface area contributed by atoms with E-state index >= 15 is 0 Å². The number of benzene rings is 2. The number of carbonyl (C=O) groups is 1. The van der Waals surface area contributed by atoms with Gasteiger partial charge in [0.2, 0.25) is 10.0 Å². The summed E-state index contributed by atoms with van der Waals surface area (Å²) in [4.78, 5) is 12.0. The Bertz CT molecular complexity index is 743. The number of ether oxygens (including phenoxy) is 1. The van der Waals surface area contributed by atoms with Crippen molar-refractivity contribution in [2.75, 3.05) is 5.32 Å². The Kier molecular flexibility index (Phi) is 4.79. The van der Waals surface area contributed by atoms with Crippen LogP contribution in [0.4, 0.5) is 5.69 Å². The van der Waals surface area contributed by atoms with Crippen LogP contribution in [0.15, 0.2) is 59.5 Å². The molecule has 0 unspecified atom stereocenters. The van der Waals surface area contributed by atoms with Gasteiger partial charge in [0.1, 0.15) is 5.75 Å². The van der Waals surface area contributed by atoms with Crippen LogP contribution in [0.5, 0.6) is 5.75 Å². The number of para-hydroxylation sites is 1. The second-order valence-corrected chi connectivity index (χ2v) is 6.19. The Morgan fingerprint density at radius 1 is 1.09 bits per heavy atom. The molecule has 0 aliphatic rings. The highest BCUT2D eigenvalue weighted by molar-refractivity contribution is 7.89. The maximum Gasteiger partial charge on any atom is 0.265 e. The predicted octanol–water partition coefficient (Wildman–Crippen LogP) is 1.74. The predicted molar refractivity (Wildman–Crippen MR) is 83.0 cm³/mol. The molecule has 2 aromatic rings. The van der Waals surface area contributed by atoms with Crippen LogP contribution < -0.4 is 15.2 Å². The summed E-state index contributed by atoms with van der Waals surface area (Å²) in [5, 5.41) is 7.65. The fraction of sp³-hybridized carbons (Fsp3) is 0.133. The highest BCUT2D eigenvalue weighted by Crippen LogP contribution is 2.15. The topological polar surface area (TPSA) is 98.5 Å². The van der Waals surface area contributed by atoms with Crippen LogP contribution in [0.1, 0.15) is 6.92 Å². The Labute approximate surface area is 129 Å². The number of nitrogens with one attached hydrogen (secondary N) is 1. The lowest BCUT2D eigenvalue weighted by Gasteiger charge is -2.14. The number of amides is 1. The zero-order chi connectivity index (χ0) is 16.2. The molecular formula is C15H16N2O4S. The third-order valence-corrected chi connectivity index (χ3v) is 3.80. The van der Waals surface area contributed by atoms with Gasteiger partial charge in [0.05, 0.1) is 4.90 Å². The zero-order valence-electron chi connectivity index (χ0n) is 11.9. The molecule has 3 N–H and O–H groups in total. The van der Waals surface area contributed by atoms with E-state index in [1.807, 2.05) is 18.2 Å². The summed E-state index contributed by atoms with van der Waals surface area (Å²) in [6.45, 7) is 1.63. The van der Waals surface area contributed by atoms with E-state index in [-0.39, 0.29) is 10.8 Å². The third kappa shape index (κ3) is 4.31. The lowest BCUT2D eigenvalue weighted by molar-refractivity contribution is -0.122. The summed E-state index contributed by atoms with van der Waals surface area (Å²) in [6.07, 6.45) is -0.694. The van der Waals surface area contributed by atoms with Gasteiger partial charge < -0.3 is 10.1 Å². The van der Waals surface area contributed by atoms with E-state index in [2.05, 4.69) is 5.32 Å². The van der Waals surface area contributed by atoms with Gasteiger partial charge in [-0.3, -0.25) is 4.79 Å². The number of hydrogen-bond donors (Lipinski definition) is 2.